The maximum absolute atomic E-state index is 11.4. The van der Waals surface area contributed by atoms with Crippen LogP contribution in [-0.2, 0) is 4.79 Å². The minimum atomic E-state index is -0.0119. The predicted octanol–water partition coefficient (Wildman–Crippen LogP) is 1.94. The fraction of sp³-hybridized carbons (Fsp3) is 0.462. The Morgan fingerprint density at radius 1 is 1.38 bits per heavy atom. The lowest BCUT2D eigenvalue weighted by Crippen LogP contribution is -2.26. The highest BCUT2D eigenvalue weighted by molar-refractivity contribution is 5.76. The van der Waals surface area contributed by atoms with E-state index >= 15 is 0 Å². The maximum Gasteiger partial charge on any atom is 0.220 e. The van der Waals surface area contributed by atoms with Gasteiger partial charge < -0.3 is 10.4 Å². The Labute approximate surface area is 96.5 Å². The van der Waals surface area contributed by atoms with Crippen LogP contribution < -0.4 is 5.32 Å². The third kappa shape index (κ3) is 4.03. The predicted molar refractivity (Wildman–Crippen MR) is 64.1 cm³/mol. The number of nitrogens with one attached hydrogen (secondary N) is 1. The smallest absolute Gasteiger partial charge is 0.220 e. The van der Waals surface area contributed by atoms with Gasteiger partial charge >= 0.3 is 0 Å². The zero-order chi connectivity index (χ0) is 12.0. The van der Waals surface area contributed by atoms with Crippen LogP contribution in [0.25, 0.3) is 0 Å². The molecule has 0 aliphatic rings. The second-order valence-corrected chi connectivity index (χ2v) is 4.03. The molecule has 0 spiro atoms. The monoisotopic (exact) mass is 221 g/mol. The van der Waals surface area contributed by atoms with Crippen LogP contribution in [-0.4, -0.2) is 17.6 Å². The van der Waals surface area contributed by atoms with Crippen LogP contribution in [0, 0.1) is 6.92 Å². The minimum absolute atomic E-state index is 0.0119. The summed E-state index contributed by atoms with van der Waals surface area (Å²) in [5.74, 6) is -0.0119. The van der Waals surface area contributed by atoms with E-state index in [-0.39, 0.29) is 18.6 Å². The SMILES string of the molecule is Cc1ccc([C@@H](C)NC(=O)CCCO)cc1. The fourth-order valence-corrected chi connectivity index (χ4v) is 1.49. The summed E-state index contributed by atoms with van der Waals surface area (Å²) in [4.78, 5) is 11.4. The van der Waals surface area contributed by atoms with Crippen molar-refractivity contribution in [3.05, 3.63) is 35.4 Å². The molecule has 0 unspecified atom stereocenters. The van der Waals surface area contributed by atoms with Crippen molar-refractivity contribution in [1.29, 1.82) is 0 Å². The van der Waals surface area contributed by atoms with Gasteiger partial charge in [0, 0.05) is 13.0 Å². The average Bonchev–Trinajstić information content (AvgIpc) is 2.27. The number of carbonyl (C=O) groups excluding carboxylic acids is 1. The zero-order valence-corrected chi connectivity index (χ0v) is 9.86. The molecule has 1 atom stereocenters. The zero-order valence-electron chi connectivity index (χ0n) is 9.86. The van der Waals surface area contributed by atoms with Crippen LogP contribution in [0.1, 0.15) is 36.9 Å². The van der Waals surface area contributed by atoms with Crippen molar-refractivity contribution >= 4 is 5.91 Å². The van der Waals surface area contributed by atoms with E-state index in [0.717, 1.165) is 5.56 Å². The van der Waals surface area contributed by atoms with Gasteiger partial charge in [-0.05, 0) is 25.8 Å². The molecule has 0 aliphatic carbocycles. The Balaban J connectivity index is 2.48. The number of amides is 1. The number of hydrogen-bond acceptors (Lipinski definition) is 2. The van der Waals surface area contributed by atoms with Gasteiger partial charge in [0.05, 0.1) is 6.04 Å². The highest BCUT2D eigenvalue weighted by Crippen LogP contribution is 2.13. The minimum Gasteiger partial charge on any atom is -0.396 e. The van der Waals surface area contributed by atoms with Crippen molar-refractivity contribution in [3.63, 3.8) is 0 Å². The van der Waals surface area contributed by atoms with E-state index in [4.69, 9.17) is 5.11 Å². The Morgan fingerprint density at radius 3 is 2.56 bits per heavy atom. The Kier molecular flexibility index (Phi) is 4.99. The van der Waals surface area contributed by atoms with Crippen LogP contribution in [0.5, 0.6) is 0 Å². The third-order valence-electron chi connectivity index (χ3n) is 2.52. The standard InChI is InChI=1S/C13H19NO2/c1-10-5-7-12(8-6-10)11(2)14-13(16)4-3-9-15/h5-8,11,15H,3-4,9H2,1-2H3,(H,14,16)/t11-/m1/s1. The van der Waals surface area contributed by atoms with Gasteiger partial charge in [-0.2, -0.15) is 0 Å². The lowest BCUT2D eigenvalue weighted by molar-refractivity contribution is -0.122. The second kappa shape index (κ2) is 6.28. The lowest BCUT2D eigenvalue weighted by Gasteiger charge is -2.14. The molecule has 0 aromatic heterocycles. The number of aliphatic hydroxyl groups is 1. The highest BCUT2D eigenvalue weighted by atomic mass is 16.3. The molecule has 88 valence electrons. The molecule has 16 heavy (non-hydrogen) atoms. The van der Waals surface area contributed by atoms with Gasteiger partial charge in [0.15, 0.2) is 0 Å². The van der Waals surface area contributed by atoms with Crippen LogP contribution in [0.3, 0.4) is 0 Å². The van der Waals surface area contributed by atoms with Gasteiger partial charge in [-0.15, -0.1) is 0 Å². The van der Waals surface area contributed by atoms with Gasteiger partial charge in [0.2, 0.25) is 5.91 Å². The van der Waals surface area contributed by atoms with Gasteiger partial charge in [0.1, 0.15) is 0 Å². The second-order valence-electron chi connectivity index (χ2n) is 4.03. The molecule has 0 heterocycles. The molecular weight excluding hydrogens is 202 g/mol. The normalized spacial score (nSPS) is 12.2. The fourth-order valence-electron chi connectivity index (χ4n) is 1.49. The summed E-state index contributed by atoms with van der Waals surface area (Å²) in [7, 11) is 0. The van der Waals surface area contributed by atoms with E-state index in [2.05, 4.69) is 5.32 Å². The van der Waals surface area contributed by atoms with E-state index in [0.29, 0.717) is 12.8 Å². The summed E-state index contributed by atoms with van der Waals surface area (Å²) < 4.78 is 0. The highest BCUT2D eigenvalue weighted by Gasteiger charge is 2.08. The molecule has 3 heteroatoms. The maximum atomic E-state index is 11.4. The quantitative estimate of drug-likeness (QED) is 0.798. The number of aryl methyl sites for hydroxylation is 1. The molecule has 2 N–H and O–H groups in total. The molecule has 0 bridgehead atoms. The van der Waals surface area contributed by atoms with E-state index in [9.17, 15) is 4.79 Å². The van der Waals surface area contributed by atoms with Gasteiger partial charge in [-0.1, -0.05) is 29.8 Å². The molecule has 1 aromatic carbocycles. The topological polar surface area (TPSA) is 49.3 Å². The molecule has 1 amide bonds. The van der Waals surface area contributed by atoms with Gasteiger partial charge in [-0.25, -0.2) is 0 Å². The van der Waals surface area contributed by atoms with E-state index in [1.54, 1.807) is 0 Å². The first-order chi connectivity index (χ1) is 7.63. The van der Waals surface area contributed by atoms with E-state index in [1.807, 2.05) is 38.1 Å². The van der Waals surface area contributed by atoms with Gasteiger partial charge in [0.25, 0.3) is 0 Å². The molecule has 0 aliphatic heterocycles. The van der Waals surface area contributed by atoms with Crippen LogP contribution in [0.15, 0.2) is 24.3 Å². The molecule has 1 rings (SSSR count). The van der Waals surface area contributed by atoms with Crippen molar-refractivity contribution in [2.45, 2.75) is 32.7 Å². The number of benzene rings is 1. The summed E-state index contributed by atoms with van der Waals surface area (Å²) >= 11 is 0. The average molecular weight is 221 g/mol. The summed E-state index contributed by atoms with van der Waals surface area (Å²) in [6, 6.07) is 8.13. The Bertz CT molecular complexity index is 332. The van der Waals surface area contributed by atoms with E-state index in [1.165, 1.54) is 5.56 Å². The van der Waals surface area contributed by atoms with Crippen molar-refractivity contribution in [1.82, 2.24) is 5.32 Å². The first-order valence-corrected chi connectivity index (χ1v) is 5.60. The summed E-state index contributed by atoms with van der Waals surface area (Å²) in [6.45, 7) is 4.06. The van der Waals surface area contributed by atoms with Crippen molar-refractivity contribution in [2.75, 3.05) is 6.61 Å². The van der Waals surface area contributed by atoms with Crippen molar-refractivity contribution in [3.8, 4) is 0 Å². The molecule has 0 saturated heterocycles. The van der Waals surface area contributed by atoms with Crippen molar-refractivity contribution < 1.29 is 9.90 Å². The summed E-state index contributed by atoms with van der Waals surface area (Å²) in [5.41, 5.74) is 2.31. The molecular formula is C13H19NO2. The number of hydrogen-bond donors (Lipinski definition) is 2. The Morgan fingerprint density at radius 2 is 2.00 bits per heavy atom. The molecule has 0 fully saturated rings. The number of rotatable bonds is 5. The lowest BCUT2D eigenvalue weighted by atomic mass is 10.1. The van der Waals surface area contributed by atoms with Crippen LogP contribution >= 0.6 is 0 Å². The third-order valence-corrected chi connectivity index (χ3v) is 2.52. The molecule has 0 radical (unpaired) electrons. The van der Waals surface area contributed by atoms with Crippen LogP contribution in [0.4, 0.5) is 0 Å². The number of carbonyl (C=O) groups is 1. The Hall–Kier alpha value is -1.35. The van der Waals surface area contributed by atoms with Gasteiger partial charge in [-0.3, -0.25) is 4.79 Å². The summed E-state index contributed by atoms with van der Waals surface area (Å²) in [5, 5.41) is 11.5. The molecule has 3 nitrogen and oxygen atoms in total. The van der Waals surface area contributed by atoms with E-state index < -0.39 is 0 Å². The molecule has 0 saturated carbocycles. The number of aliphatic hydroxyl groups excluding tert-OH is 1. The first-order valence-electron chi connectivity index (χ1n) is 5.60. The van der Waals surface area contributed by atoms with Crippen LogP contribution in [0.2, 0.25) is 0 Å². The first kappa shape index (κ1) is 12.7. The molecule has 1 aromatic rings. The largest absolute Gasteiger partial charge is 0.396 e. The van der Waals surface area contributed by atoms with Crippen molar-refractivity contribution in [2.24, 2.45) is 0 Å². The summed E-state index contributed by atoms with van der Waals surface area (Å²) in [6.07, 6.45) is 0.902.